The number of rotatable bonds is 7. The van der Waals surface area contributed by atoms with Crippen LogP contribution in [0.5, 0.6) is 0 Å². The normalized spacial score (nSPS) is 25.1. The molecule has 5 nitrogen and oxygen atoms in total. The summed E-state index contributed by atoms with van der Waals surface area (Å²) < 4.78 is 8.23. The first-order valence-corrected chi connectivity index (χ1v) is 10.4. The molecule has 1 N–H and O–H groups in total. The minimum Gasteiger partial charge on any atom is -0.376 e. The molecule has 0 spiro atoms. The van der Waals surface area contributed by atoms with Gasteiger partial charge in [-0.3, -0.25) is 4.98 Å². The molecule has 0 saturated carbocycles. The summed E-state index contributed by atoms with van der Waals surface area (Å²) in [5.41, 5.74) is 2.32. The fraction of sp³-hybridized carbons (Fsp3) is 0.524. The molecule has 0 amide bonds. The highest BCUT2D eigenvalue weighted by atomic mass is 32.1. The van der Waals surface area contributed by atoms with Crippen LogP contribution >= 0.6 is 12.2 Å². The summed E-state index contributed by atoms with van der Waals surface area (Å²) >= 11 is 5.72. The van der Waals surface area contributed by atoms with Gasteiger partial charge in [0.05, 0.1) is 23.9 Å². The third kappa shape index (κ3) is 3.87. The van der Waals surface area contributed by atoms with E-state index in [1.807, 2.05) is 18.3 Å². The zero-order valence-electron chi connectivity index (χ0n) is 15.9. The topological polar surface area (TPSA) is 42.3 Å². The summed E-state index contributed by atoms with van der Waals surface area (Å²) in [6, 6.07) is 10.7. The van der Waals surface area contributed by atoms with Gasteiger partial charge >= 0.3 is 0 Å². The largest absolute Gasteiger partial charge is 0.376 e. The predicted octanol–water partition coefficient (Wildman–Crippen LogP) is 3.83. The first-order chi connectivity index (χ1) is 13.3. The van der Waals surface area contributed by atoms with Crippen molar-refractivity contribution in [3.8, 4) is 0 Å². The smallest absolute Gasteiger partial charge is 0.170 e. The van der Waals surface area contributed by atoms with E-state index in [9.17, 15) is 0 Å². The zero-order valence-corrected chi connectivity index (χ0v) is 16.7. The number of nitrogens with zero attached hydrogens (tertiary/aromatic N) is 3. The van der Waals surface area contributed by atoms with Gasteiger partial charge in [0, 0.05) is 37.8 Å². The zero-order chi connectivity index (χ0) is 18.6. The molecule has 0 unspecified atom stereocenters. The van der Waals surface area contributed by atoms with Gasteiger partial charge in [-0.25, -0.2) is 0 Å². The number of thiocarbonyl (C=S) groups is 1. The van der Waals surface area contributed by atoms with Gasteiger partial charge in [0.1, 0.15) is 0 Å². The van der Waals surface area contributed by atoms with Crippen molar-refractivity contribution in [1.82, 2.24) is 19.8 Å². The number of hydrogen-bond donors (Lipinski definition) is 1. The Morgan fingerprint density at radius 3 is 2.96 bits per heavy atom. The van der Waals surface area contributed by atoms with Gasteiger partial charge in [-0.05, 0) is 55.7 Å². The van der Waals surface area contributed by atoms with Gasteiger partial charge in [0.15, 0.2) is 5.11 Å². The molecule has 6 heteroatoms. The molecular weight excluding hydrogens is 356 g/mol. The summed E-state index contributed by atoms with van der Waals surface area (Å²) in [5.74, 6) is 0. The molecule has 2 saturated heterocycles. The van der Waals surface area contributed by atoms with Gasteiger partial charge < -0.3 is 19.5 Å². The number of aromatic nitrogens is 2. The Labute approximate surface area is 166 Å². The molecule has 0 aromatic carbocycles. The monoisotopic (exact) mass is 384 g/mol. The van der Waals surface area contributed by atoms with Crippen LogP contribution in [0, 0.1) is 0 Å². The Morgan fingerprint density at radius 2 is 2.22 bits per heavy atom. The van der Waals surface area contributed by atoms with Crippen molar-refractivity contribution in [3.63, 3.8) is 0 Å². The number of ether oxygens (including phenoxy) is 1. The summed E-state index contributed by atoms with van der Waals surface area (Å²) in [7, 11) is 0. The molecular formula is C21H28N4OS. The molecule has 2 aliphatic heterocycles. The van der Waals surface area contributed by atoms with Crippen molar-refractivity contribution in [1.29, 1.82) is 0 Å². The maximum atomic E-state index is 5.88. The number of hydrogen-bond acceptors (Lipinski definition) is 3. The number of nitrogens with one attached hydrogen (secondary N) is 1. The van der Waals surface area contributed by atoms with E-state index in [0.29, 0.717) is 6.10 Å². The van der Waals surface area contributed by atoms with E-state index < -0.39 is 0 Å². The molecule has 27 heavy (non-hydrogen) atoms. The Balaban J connectivity index is 1.66. The average Bonchev–Trinajstić information content (AvgIpc) is 3.42. The lowest BCUT2D eigenvalue weighted by molar-refractivity contribution is 0.0953. The van der Waals surface area contributed by atoms with Gasteiger partial charge in [0.25, 0.3) is 0 Å². The van der Waals surface area contributed by atoms with Crippen molar-refractivity contribution in [2.75, 3.05) is 13.2 Å². The third-order valence-electron chi connectivity index (χ3n) is 5.54. The van der Waals surface area contributed by atoms with Crippen molar-refractivity contribution < 1.29 is 4.74 Å². The second kappa shape index (κ2) is 8.40. The quantitative estimate of drug-likeness (QED) is 0.735. The standard InChI is InChI=1S/C21H28N4OS/c1-2-3-13-25-20(19(23-21(25)27)17-9-4-5-11-22-17)18-10-6-12-24(18)15-16-8-7-14-26-16/h4-6,9-12,16,19-20H,2-3,7-8,13-15H2,1H3,(H,23,27)/t16-,19-,20-/m1/s1. The first kappa shape index (κ1) is 18.4. The van der Waals surface area contributed by atoms with Crippen LogP contribution in [-0.4, -0.2) is 38.8 Å². The Bertz CT molecular complexity index is 757. The highest BCUT2D eigenvalue weighted by molar-refractivity contribution is 7.80. The minimum atomic E-state index is 0.0636. The van der Waals surface area contributed by atoms with E-state index in [1.165, 1.54) is 5.69 Å². The Morgan fingerprint density at radius 1 is 1.30 bits per heavy atom. The van der Waals surface area contributed by atoms with Crippen molar-refractivity contribution >= 4 is 17.3 Å². The molecule has 2 aliphatic rings. The Kier molecular flexibility index (Phi) is 5.74. The van der Waals surface area contributed by atoms with E-state index >= 15 is 0 Å². The lowest BCUT2D eigenvalue weighted by atomic mass is 10.0. The van der Waals surface area contributed by atoms with E-state index in [-0.39, 0.29) is 12.1 Å². The second-order valence-corrected chi connectivity index (χ2v) is 7.78. The van der Waals surface area contributed by atoms with Crippen LogP contribution in [0.2, 0.25) is 0 Å². The third-order valence-corrected chi connectivity index (χ3v) is 5.89. The van der Waals surface area contributed by atoms with Gasteiger partial charge in [-0.1, -0.05) is 19.4 Å². The van der Waals surface area contributed by atoms with E-state index in [4.69, 9.17) is 17.0 Å². The number of unbranched alkanes of at least 4 members (excludes halogenated alkanes) is 1. The van der Waals surface area contributed by atoms with E-state index in [2.05, 4.69) is 51.1 Å². The molecule has 2 fully saturated rings. The predicted molar refractivity (Wildman–Crippen MR) is 110 cm³/mol. The van der Waals surface area contributed by atoms with Crippen LogP contribution in [0.3, 0.4) is 0 Å². The first-order valence-electron chi connectivity index (χ1n) is 10.0. The van der Waals surface area contributed by atoms with Crippen LogP contribution in [-0.2, 0) is 11.3 Å². The van der Waals surface area contributed by atoms with Crippen molar-refractivity contribution in [2.24, 2.45) is 0 Å². The highest BCUT2D eigenvalue weighted by Gasteiger charge is 2.40. The maximum Gasteiger partial charge on any atom is 0.170 e. The summed E-state index contributed by atoms with van der Waals surface area (Å²) in [4.78, 5) is 6.97. The summed E-state index contributed by atoms with van der Waals surface area (Å²) in [6.07, 6.45) is 8.92. The molecule has 0 bridgehead atoms. The van der Waals surface area contributed by atoms with Crippen molar-refractivity contribution in [2.45, 2.75) is 57.3 Å². The fourth-order valence-corrected chi connectivity index (χ4v) is 4.50. The lowest BCUT2D eigenvalue weighted by Gasteiger charge is -2.29. The molecule has 4 heterocycles. The SMILES string of the molecule is CCCCN1C(=S)N[C@H](c2ccccn2)[C@H]1c1cccn1C[C@H]1CCCO1. The lowest BCUT2D eigenvalue weighted by Crippen LogP contribution is -2.32. The van der Waals surface area contributed by atoms with Gasteiger partial charge in [0.2, 0.25) is 0 Å². The molecule has 4 rings (SSSR count). The van der Waals surface area contributed by atoms with E-state index in [0.717, 1.165) is 56.2 Å². The van der Waals surface area contributed by atoms with E-state index in [1.54, 1.807) is 0 Å². The fourth-order valence-electron chi connectivity index (χ4n) is 4.17. The second-order valence-electron chi connectivity index (χ2n) is 7.39. The minimum absolute atomic E-state index is 0.0636. The molecule has 0 radical (unpaired) electrons. The molecule has 2 aromatic heterocycles. The highest BCUT2D eigenvalue weighted by Crippen LogP contribution is 2.39. The summed E-state index contributed by atoms with van der Waals surface area (Å²) in [6.45, 7) is 4.97. The van der Waals surface area contributed by atoms with Crippen LogP contribution in [0.1, 0.15) is 56.1 Å². The van der Waals surface area contributed by atoms with Crippen molar-refractivity contribution in [3.05, 3.63) is 54.1 Å². The molecule has 144 valence electrons. The number of pyridine rings is 1. The average molecular weight is 385 g/mol. The van der Waals surface area contributed by atoms with Crippen LogP contribution in [0.4, 0.5) is 0 Å². The van der Waals surface area contributed by atoms with Crippen LogP contribution < -0.4 is 5.32 Å². The van der Waals surface area contributed by atoms with Gasteiger partial charge in [-0.2, -0.15) is 0 Å². The summed E-state index contributed by atoms with van der Waals surface area (Å²) in [5, 5.41) is 4.37. The maximum absolute atomic E-state index is 5.88. The Hall–Kier alpha value is -1.92. The van der Waals surface area contributed by atoms with Crippen LogP contribution in [0.15, 0.2) is 42.7 Å². The van der Waals surface area contributed by atoms with Crippen LogP contribution in [0.25, 0.3) is 0 Å². The van der Waals surface area contributed by atoms with Gasteiger partial charge in [-0.15, -0.1) is 0 Å². The molecule has 3 atom stereocenters. The molecule has 0 aliphatic carbocycles. The molecule has 2 aromatic rings.